The van der Waals surface area contributed by atoms with E-state index in [0.717, 1.165) is 25.0 Å². The summed E-state index contributed by atoms with van der Waals surface area (Å²) in [5, 5.41) is 7.32. The zero-order valence-electron chi connectivity index (χ0n) is 15.1. The first-order valence-corrected chi connectivity index (χ1v) is 10.6. The topological polar surface area (TPSA) is 84.3 Å². The second kappa shape index (κ2) is 7.25. The molecule has 4 rings (SSSR count). The molecule has 2 aliphatic rings. The molecule has 0 saturated carbocycles. The summed E-state index contributed by atoms with van der Waals surface area (Å²) in [4.78, 5) is 11.6. The molecule has 0 spiro atoms. The summed E-state index contributed by atoms with van der Waals surface area (Å²) >= 11 is 0. The average Bonchev–Trinajstić information content (AvgIpc) is 3.02. The molecule has 7 nitrogen and oxygen atoms in total. The Balaban J connectivity index is 1.60. The van der Waals surface area contributed by atoms with E-state index >= 15 is 0 Å². The van der Waals surface area contributed by atoms with Crippen LogP contribution in [0.25, 0.3) is 0 Å². The Kier molecular flexibility index (Phi) is 4.92. The van der Waals surface area contributed by atoms with Crippen LogP contribution in [-0.4, -0.2) is 48.0 Å². The van der Waals surface area contributed by atoms with Crippen LogP contribution in [0.3, 0.4) is 0 Å². The Morgan fingerprint density at radius 2 is 1.96 bits per heavy atom. The van der Waals surface area contributed by atoms with Crippen molar-refractivity contribution < 1.29 is 22.0 Å². The highest BCUT2D eigenvalue weighted by Crippen LogP contribution is 2.31. The number of hydrogen-bond acceptors (Lipinski definition) is 4. The lowest BCUT2D eigenvalue weighted by Crippen LogP contribution is -2.39. The van der Waals surface area contributed by atoms with Gasteiger partial charge in [0.05, 0.1) is 5.69 Å². The first-order chi connectivity index (χ1) is 13.4. The molecule has 1 saturated heterocycles. The summed E-state index contributed by atoms with van der Waals surface area (Å²) in [6.45, 7) is 1.60. The van der Waals surface area contributed by atoms with Gasteiger partial charge in [-0.1, -0.05) is 0 Å². The van der Waals surface area contributed by atoms with E-state index in [-0.39, 0.29) is 24.9 Å². The van der Waals surface area contributed by atoms with Gasteiger partial charge in [-0.3, -0.25) is 9.48 Å². The van der Waals surface area contributed by atoms with Gasteiger partial charge in [0.25, 0.3) is 5.91 Å². The molecule has 1 atom stereocenters. The number of fused-ring (bicyclic) bond motifs is 1. The van der Waals surface area contributed by atoms with Crippen LogP contribution in [0.2, 0.25) is 0 Å². The van der Waals surface area contributed by atoms with Gasteiger partial charge in [0.15, 0.2) is 0 Å². The normalized spacial score (nSPS) is 21.1. The summed E-state index contributed by atoms with van der Waals surface area (Å²) in [6, 6.07) is 4.16. The van der Waals surface area contributed by atoms with E-state index in [0.29, 0.717) is 37.0 Å². The van der Waals surface area contributed by atoms with Gasteiger partial charge < -0.3 is 5.32 Å². The van der Waals surface area contributed by atoms with Gasteiger partial charge in [0.1, 0.15) is 22.2 Å². The Labute approximate surface area is 161 Å². The number of hydrogen-bond donors (Lipinski definition) is 1. The zero-order valence-corrected chi connectivity index (χ0v) is 15.9. The van der Waals surface area contributed by atoms with Gasteiger partial charge in [0, 0.05) is 38.2 Å². The number of sulfonamides is 1. The monoisotopic (exact) mass is 410 g/mol. The second-order valence-corrected chi connectivity index (χ2v) is 8.97. The predicted molar refractivity (Wildman–Crippen MR) is 96.3 cm³/mol. The number of carbonyl (C=O) groups excluding carboxylic acids is 1. The Morgan fingerprint density at radius 1 is 1.14 bits per heavy atom. The van der Waals surface area contributed by atoms with Crippen molar-refractivity contribution in [2.45, 2.75) is 36.6 Å². The van der Waals surface area contributed by atoms with Crippen LogP contribution in [0.15, 0.2) is 29.2 Å². The fraction of sp³-hybridized carbons (Fsp3) is 0.444. The highest BCUT2D eigenvalue weighted by molar-refractivity contribution is 7.89. The number of halogens is 2. The van der Waals surface area contributed by atoms with Crippen LogP contribution in [0.1, 0.15) is 41.4 Å². The van der Waals surface area contributed by atoms with Gasteiger partial charge in [-0.05, 0) is 37.5 Å². The summed E-state index contributed by atoms with van der Waals surface area (Å²) in [6.07, 6.45) is 2.08. The van der Waals surface area contributed by atoms with Gasteiger partial charge in [-0.25, -0.2) is 17.2 Å². The van der Waals surface area contributed by atoms with Crippen molar-refractivity contribution in [2.24, 2.45) is 0 Å². The van der Waals surface area contributed by atoms with Crippen molar-refractivity contribution in [2.75, 3.05) is 19.6 Å². The van der Waals surface area contributed by atoms with E-state index in [9.17, 15) is 22.0 Å². The molecule has 2 aromatic rings. The summed E-state index contributed by atoms with van der Waals surface area (Å²) < 4.78 is 55.8. The van der Waals surface area contributed by atoms with Gasteiger partial charge in [0.2, 0.25) is 10.0 Å². The average molecular weight is 410 g/mol. The van der Waals surface area contributed by atoms with E-state index in [1.165, 1.54) is 4.31 Å². The van der Waals surface area contributed by atoms with E-state index in [1.54, 1.807) is 10.7 Å². The fourth-order valence-electron chi connectivity index (χ4n) is 3.74. The minimum Gasteiger partial charge on any atom is -0.351 e. The number of aryl methyl sites for hydroxylation is 1. The lowest BCUT2D eigenvalue weighted by molar-refractivity contribution is 0.0950. The molecule has 1 fully saturated rings. The second-order valence-electron chi connectivity index (χ2n) is 7.06. The minimum absolute atomic E-state index is 0.136. The smallest absolute Gasteiger partial charge is 0.269 e. The SMILES string of the molecule is O=C1NCCCn2nc(C3CCCN(S(=O)(=O)c4ccc(F)cc4F)C3)cc21. The maximum absolute atomic E-state index is 14.1. The molecule has 1 aromatic heterocycles. The standard InChI is InChI=1S/C18H20F2N4O3S/c19-13-4-5-17(14(20)9-13)28(26,27)23-7-1-3-12(11-23)15-10-16-18(25)21-6-2-8-24(16)22-15/h4-5,9-10,12H,1-3,6-8,11H2,(H,21,25). The van der Waals surface area contributed by atoms with Crippen molar-refractivity contribution in [3.63, 3.8) is 0 Å². The molecule has 0 radical (unpaired) electrons. The highest BCUT2D eigenvalue weighted by atomic mass is 32.2. The first-order valence-electron chi connectivity index (χ1n) is 9.17. The number of benzene rings is 1. The van der Waals surface area contributed by atoms with Gasteiger partial charge in [-0.2, -0.15) is 9.40 Å². The number of amides is 1. The van der Waals surface area contributed by atoms with Crippen LogP contribution in [-0.2, 0) is 16.6 Å². The number of nitrogens with zero attached hydrogens (tertiary/aromatic N) is 3. The largest absolute Gasteiger partial charge is 0.351 e. The first kappa shape index (κ1) is 19.0. The highest BCUT2D eigenvalue weighted by Gasteiger charge is 2.34. The van der Waals surface area contributed by atoms with E-state index in [1.807, 2.05) is 0 Å². The van der Waals surface area contributed by atoms with Crippen LogP contribution in [0, 0.1) is 11.6 Å². The molecular formula is C18H20F2N4O3S. The van der Waals surface area contributed by atoms with E-state index < -0.39 is 26.6 Å². The number of piperidine rings is 1. The van der Waals surface area contributed by atoms with Crippen LogP contribution >= 0.6 is 0 Å². The predicted octanol–water partition coefficient (Wildman–Crippen LogP) is 1.86. The van der Waals surface area contributed by atoms with Crippen molar-refractivity contribution in [1.29, 1.82) is 0 Å². The number of nitrogens with one attached hydrogen (secondary N) is 1. The third-order valence-corrected chi connectivity index (χ3v) is 7.08. The molecule has 0 bridgehead atoms. The number of rotatable bonds is 3. The lowest BCUT2D eigenvalue weighted by atomic mass is 9.96. The lowest BCUT2D eigenvalue weighted by Gasteiger charge is -2.31. The Hall–Kier alpha value is -2.33. The van der Waals surface area contributed by atoms with E-state index in [2.05, 4.69) is 10.4 Å². The van der Waals surface area contributed by atoms with Crippen molar-refractivity contribution in [3.05, 3.63) is 47.3 Å². The van der Waals surface area contributed by atoms with Crippen LogP contribution < -0.4 is 5.32 Å². The third-order valence-electron chi connectivity index (χ3n) is 5.18. The van der Waals surface area contributed by atoms with E-state index in [4.69, 9.17) is 0 Å². The molecular weight excluding hydrogens is 390 g/mol. The Bertz CT molecular complexity index is 1020. The fourth-order valence-corrected chi connectivity index (χ4v) is 5.31. The maximum atomic E-state index is 14.1. The zero-order chi connectivity index (χ0) is 19.9. The number of carbonyl (C=O) groups is 1. The summed E-state index contributed by atoms with van der Waals surface area (Å²) in [5.74, 6) is -2.32. The maximum Gasteiger partial charge on any atom is 0.269 e. The minimum atomic E-state index is -4.09. The molecule has 10 heteroatoms. The van der Waals surface area contributed by atoms with Crippen LogP contribution in [0.4, 0.5) is 8.78 Å². The number of aromatic nitrogens is 2. The molecule has 150 valence electrons. The molecule has 1 N–H and O–H groups in total. The molecule has 1 unspecified atom stereocenters. The van der Waals surface area contributed by atoms with Crippen molar-refractivity contribution >= 4 is 15.9 Å². The molecule has 28 heavy (non-hydrogen) atoms. The van der Waals surface area contributed by atoms with Crippen LogP contribution in [0.5, 0.6) is 0 Å². The Morgan fingerprint density at radius 3 is 2.75 bits per heavy atom. The molecule has 2 aliphatic heterocycles. The summed E-state index contributed by atoms with van der Waals surface area (Å²) in [7, 11) is -4.09. The quantitative estimate of drug-likeness (QED) is 0.837. The molecule has 0 aliphatic carbocycles. The summed E-state index contributed by atoms with van der Waals surface area (Å²) in [5.41, 5.74) is 1.13. The molecule has 3 heterocycles. The molecule has 1 aromatic carbocycles. The molecule has 1 amide bonds. The van der Waals surface area contributed by atoms with Gasteiger partial charge >= 0.3 is 0 Å². The third kappa shape index (κ3) is 3.42. The van der Waals surface area contributed by atoms with Gasteiger partial charge in [-0.15, -0.1) is 0 Å². The van der Waals surface area contributed by atoms with Crippen molar-refractivity contribution in [3.8, 4) is 0 Å². The van der Waals surface area contributed by atoms with Crippen molar-refractivity contribution in [1.82, 2.24) is 19.4 Å².